The molecule has 1 heterocycles. The van der Waals surface area contributed by atoms with E-state index in [2.05, 4.69) is 20.6 Å². The summed E-state index contributed by atoms with van der Waals surface area (Å²) in [6, 6.07) is 9.47. The molecule has 39 heavy (non-hydrogen) atoms. The number of aliphatic carboxylic acids is 1. The maximum Gasteiger partial charge on any atom is 0.407 e. The van der Waals surface area contributed by atoms with Crippen LogP contribution in [-0.2, 0) is 22.4 Å². The van der Waals surface area contributed by atoms with Crippen LogP contribution in [0.5, 0.6) is 0 Å². The molecule has 3 aromatic rings. The predicted molar refractivity (Wildman–Crippen MR) is 150 cm³/mol. The van der Waals surface area contributed by atoms with Crippen LogP contribution in [0.15, 0.2) is 36.4 Å². The lowest BCUT2D eigenvalue weighted by molar-refractivity contribution is -0.139. The predicted octanol–water partition coefficient (Wildman–Crippen LogP) is 3.72. The maximum absolute atomic E-state index is 12.7. The number of carboxylic acid groups (broad SMARTS) is 1. The summed E-state index contributed by atoms with van der Waals surface area (Å²) in [5.74, 6) is -1.35. The van der Waals surface area contributed by atoms with E-state index in [4.69, 9.17) is 27.8 Å². The van der Waals surface area contributed by atoms with Crippen molar-refractivity contribution in [1.82, 2.24) is 20.6 Å². The van der Waals surface area contributed by atoms with Crippen LogP contribution in [0.1, 0.15) is 55.1 Å². The Balaban J connectivity index is 1.54. The van der Waals surface area contributed by atoms with Gasteiger partial charge < -0.3 is 31.9 Å². The summed E-state index contributed by atoms with van der Waals surface area (Å²) in [7, 11) is 0. The highest BCUT2D eigenvalue weighted by molar-refractivity contribution is 6.37. The smallest absolute Gasteiger partial charge is 0.407 e. The third-order valence-electron chi connectivity index (χ3n) is 5.77. The van der Waals surface area contributed by atoms with E-state index in [1.165, 1.54) is 0 Å². The summed E-state index contributed by atoms with van der Waals surface area (Å²) < 4.78 is 5.14. The van der Waals surface area contributed by atoms with E-state index in [0.717, 1.165) is 11.1 Å². The normalized spacial score (nSPS) is 12.1. The third-order valence-corrected chi connectivity index (χ3v) is 6.20. The number of nitrogens with two attached hydrogens (primary N) is 2. The summed E-state index contributed by atoms with van der Waals surface area (Å²) in [5, 5.41) is 15.7. The molecule has 0 aliphatic carbocycles. The molecule has 7 N–H and O–H groups in total. The minimum absolute atomic E-state index is 0.0813. The zero-order valence-electron chi connectivity index (χ0n) is 22.1. The molecule has 0 spiro atoms. The van der Waals surface area contributed by atoms with Gasteiger partial charge in [0.1, 0.15) is 17.5 Å². The van der Waals surface area contributed by atoms with Crippen molar-refractivity contribution in [2.75, 3.05) is 18.0 Å². The monoisotopic (exact) mass is 556 g/mol. The van der Waals surface area contributed by atoms with Crippen molar-refractivity contribution < 1.29 is 24.2 Å². The number of aryl methyl sites for hydroxylation is 2. The minimum atomic E-state index is -1.15. The first-order valence-electron chi connectivity index (χ1n) is 12.4. The Morgan fingerprint density at radius 3 is 2.38 bits per heavy atom. The quantitative estimate of drug-likeness (QED) is 0.232. The average Bonchev–Trinajstić information content (AvgIpc) is 2.84. The number of anilines is 2. The molecule has 2 aromatic carbocycles. The number of ether oxygens (including phenoxy) is 1. The Labute approximate surface area is 231 Å². The van der Waals surface area contributed by atoms with E-state index < -0.39 is 29.6 Å². The van der Waals surface area contributed by atoms with Gasteiger partial charge in [0.2, 0.25) is 5.95 Å². The number of carboxylic acids is 1. The van der Waals surface area contributed by atoms with Crippen LogP contribution in [0.4, 0.5) is 16.6 Å². The fourth-order valence-corrected chi connectivity index (χ4v) is 4.23. The number of aromatic nitrogens is 2. The Morgan fingerprint density at radius 2 is 1.74 bits per heavy atom. The molecule has 2 amide bonds. The molecule has 0 aliphatic heterocycles. The summed E-state index contributed by atoms with van der Waals surface area (Å²) in [4.78, 5) is 44.2. The van der Waals surface area contributed by atoms with Crippen LogP contribution in [0.3, 0.4) is 0 Å². The second-order valence-electron chi connectivity index (χ2n) is 10.0. The highest BCUT2D eigenvalue weighted by Gasteiger charge is 2.21. The van der Waals surface area contributed by atoms with E-state index >= 15 is 0 Å². The van der Waals surface area contributed by atoms with Gasteiger partial charge in [-0.3, -0.25) is 4.79 Å². The van der Waals surface area contributed by atoms with Crippen LogP contribution in [0.25, 0.3) is 10.9 Å². The highest BCUT2D eigenvalue weighted by Crippen LogP contribution is 2.31. The maximum atomic E-state index is 12.7. The average molecular weight is 557 g/mol. The zero-order valence-corrected chi connectivity index (χ0v) is 22.8. The molecule has 1 aromatic heterocycles. The van der Waals surface area contributed by atoms with Gasteiger partial charge in [-0.25, -0.2) is 14.6 Å². The van der Waals surface area contributed by atoms with Crippen molar-refractivity contribution in [2.45, 2.75) is 58.1 Å². The number of fused-ring (bicyclic) bond motifs is 1. The topological polar surface area (TPSA) is 183 Å². The molecule has 0 radical (unpaired) electrons. The summed E-state index contributed by atoms with van der Waals surface area (Å²) >= 11 is 6.56. The van der Waals surface area contributed by atoms with Crippen molar-refractivity contribution in [3.05, 3.63) is 58.1 Å². The minimum Gasteiger partial charge on any atom is -0.480 e. The first kappa shape index (κ1) is 29.4. The van der Waals surface area contributed by atoms with Crippen LogP contribution in [0.2, 0.25) is 5.02 Å². The van der Waals surface area contributed by atoms with E-state index in [0.29, 0.717) is 40.8 Å². The molecule has 1 unspecified atom stereocenters. The van der Waals surface area contributed by atoms with Crippen molar-refractivity contribution >= 4 is 52.2 Å². The largest absolute Gasteiger partial charge is 0.480 e. The molecule has 12 heteroatoms. The number of nitrogens with zero attached hydrogens (tertiary/aromatic N) is 2. The van der Waals surface area contributed by atoms with Crippen LogP contribution < -0.4 is 22.1 Å². The number of nitrogen functional groups attached to an aromatic ring is 2. The Hall–Kier alpha value is -4.12. The van der Waals surface area contributed by atoms with Gasteiger partial charge in [-0.1, -0.05) is 29.8 Å². The van der Waals surface area contributed by atoms with Gasteiger partial charge in [0.15, 0.2) is 0 Å². The summed E-state index contributed by atoms with van der Waals surface area (Å²) in [6.45, 7) is 5.47. The molecule has 0 saturated carbocycles. The fraction of sp³-hybridized carbons (Fsp3) is 0.370. The van der Waals surface area contributed by atoms with Gasteiger partial charge >= 0.3 is 12.1 Å². The second-order valence-corrected chi connectivity index (χ2v) is 10.4. The Bertz CT molecular complexity index is 1360. The molecular weight excluding hydrogens is 524 g/mol. The Morgan fingerprint density at radius 1 is 1.05 bits per heavy atom. The third kappa shape index (κ3) is 8.44. The summed E-state index contributed by atoms with van der Waals surface area (Å²) in [5.41, 5.74) is 13.8. The summed E-state index contributed by atoms with van der Waals surface area (Å²) in [6.07, 6.45) is 1.17. The van der Waals surface area contributed by atoms with E-state index in [1.807, 2.05) is 18.2 Å². The number of amides is 2. The van der Waals surface area contributed by atoms with Crippen LogP contribution >= 0.6 is 11.6 Å². The molecule has 0 fully saturated rings. The van der Waals surface area contributed by atoms with Gasteiger partial charge in [0.25, 0.3) is 5.91 Å². The molecule has 3 rings (SSSR count). The lowest BCUT2D eigenvalue weighted by atomic mass is 10.0. The lowest BCUT2D eigenvalue weighted by Crippen LogP contribution is -2.41. The SMILES string of the molecule is CC(C)(C)OC(=O)NCCCC(NC(=O)c1ccc(CCc2ccc3nc(N)nc(N)c3c2Cl)cc1)C(=O)O. The van der Waals surface area contributed by atoms with Gasteiger partial charge in [-0.2, -0.15) is 4.98 Å². The first-order chi connectivity index (χ1) is 18.3. The number of rotatable bonds is 10. The van der Waals surface area contributed by atoms with Crippen molar-refractivity contribution in [1.29, 1.82) is 0 Å². The van der Waals surface area contributed by atoms with Crippen molar-refractivity contribution in [2.24, 2.45) is 0 Å². The number of benzene rings is 2. The first-order valence-corrected chi connectivity index (χ1v) is 12.8. The Kier molecular flexibility index (Phi) is 9.52. The van der Waals surface area contributed by atoms with Crippen LogP contribution in [0, 0.1) is 0 Å². The number of carbonyl (C=O) groups is 3. The van der Waals surface area contributed by atoms with Crippen molar-refractivity contribution in [3.8, 4) is 0 Å². The molecule has 208 valence electrons. The fourth-order valence-electron chi connectivity index (χ4n) is 3.88. The van der Waals surface area contributed by atoms with Gasteiger partial charge in [0.05, 0.1) is 15.9 Å². The standard InChI is InChI=1S/C27H33ClN6O5/c1-27(2,3)39-26(38)31-14-4-5-19(24(36)37)32-23(35)17-10-7-15(8-11-17)6-9-16-12-13-18-20(21(16)28)22(29)34-25(30)33-18/h7-8,10-13,19H,4-6,9,14H2,1-3H3,(H,31,38)(H,32,35)(H,36,37)(H4,29,30,33,34). The number of hydrogen-bond acceptors (Lipinski definition) is 8. The van der Waals surface area contributed by atoms with E-state index in [1.54, 1.807) is 39.0 Å². The number of alkyl carbamates (subject to hydrolysis) is 1. The van der Waals surface area contributed by atoms with Gasteiger partial charge in [0, 0.05) is 12.1 Å². The molecule has 0 saturated heterocycles. The van der Waals surface area contributed by atoms with Gasteiger partial charge in [-0.15, -0.1) is 0 Å². The number of halogens is 1. The number of nitrogens with one attached hydrogen (secondary N) is 2. The zero-order chi connectivity index (χ0) is 28.7. The molecule has 0 bridgehead atoms. The number of hydrogen-bond donors (Lipinski definition) is 5. The molecule has 0 aliphatic rings. The highest BCUT2D eigenvalue weighted by atomic mass is 35.5. The van der Waals surface area contributed by atoms with E-state index in [9.17, 15) is 19.5 Å². The van der Waals surface area contributed by atoms with E-state index in [-0.39, 0.29) is 24.7 Å². The lowest BCUT2D eigenvalue weighted by Gasteiger charge is -2.20. The molecule has 11 nitrogen and oxygen atoms in total. The van der Waals surface area contributed by atoms with Crippen molar-refractivity contribution in [3.63, 3.8) is 0 Å². The van der Waals surface area contributed by atoms with Gasteiger partial charge in [-0.05, 0) is 75.8 Å². The van der Waals surface area contributed by atoms with Crippen LogP contribution in [-0.4, -0.2) is 51.2 Å². The second kappa shape index (κ2) is 12.6. The molecular formula is C27H33ClN6O5. The molecule has 1 atom stereocenters. The number of carbonyl (C=O) groups excluding carboxylic acids is 2.